The fourth-order valence-corrected chi connectivity index (χ4v) is 1.53. The van der Waals surface area contributed by atoms with Crippen molar-refractivity contribution in [2.45, 2.75) is 19.0 Å². The number of nitrogen functional groups attached to an aromatic ring is 1. The first-order valence-corrected chi connectivity index (χ1v) is 4.84. The molecule has 1 rings (SSSR count). The second-order valence-corrected chi connectivity index (χ2v) is 3.37. The number of hydrogen-bond donors (Lipinski definition) is 1. The lowest BCUT2D eigenvalue weighted by molar-refractivity contribution is 0.942. The summed E-state index contributed by atoms with van der Waals surface area (Å²) < 4.78 is 0. The van der Waals surface area contributed by atoms with Crippen molar-refractivity contribution in [1.82, 2.24) is 9.97 Å². The molecule has 0 aliphatic heterocycles. The second kappa shape index (κ2) is 4.73. The zero-order valence-electron chi connectivity index (χ0n) is 7.66. The lowest BCUT2D eigenvalue weighted by atomic mass is 10.4. The van der Waals surface area contributed by atoms with Crippen molar-refractivity contribution >= 4 is 17.6 Å². The van der Waals surface area contributed by atoms with Crippen LogP contribution in [0.5, 0.6) is 0 Å². The summed E-state index contributed by atoms with van der Waals surface area (Å²) in [5, 5.41) is 0.695. The molecule has 68 valence electrons. The van der Waals surface area contributed by atoms with Crippen LogP contribution in [0.15, 0.2) is 11.2 Å². The van der Waals surface area contributed by atoms with Crippen LogP contribution in [0.4, 0.5) is 5.82 Å². The van der Waals surface area contributed by atoms with Gasteiger partial charge in [-0.05, 0) is 13.8 Å². The van der Waals surface area contributed by atoms with E-state index in [9.17, 15) is 0 Å². The van der Waals surface area contributed by atoms with Crippen LogP contribution < -0.4 is 5.73 Å². The third-order valence-corrected chi connectivity index (χ3v) is 2.03. The van der Waals surface area contributed by atoms with E-state index in [2.05, 4.69) is 21.8 Å². The summed E-state index contributed by atoms with van der Waals surface area (Å²) in [6, 6.07) is 1.75. The van der Waals surface area contributed by atoms with Gasteiger partial charge in [0.2, 0.25) is 0 Å². The van der Waals surface area contributed by atoms with E-state index in [1.54, 1.807) is 6.07 Å². The first-order valence-electron chi connectivity index (χ1n) is 3.86. The van der Waals surface area contributed by atoms with Crippen molar-refractivity contribution in [3.05, 3.63) is 11.8 Å². The van der Waals surface area contributed by atoms with Crippen LogP contribution in [0.1, 0.15) is 12.6 Å². The normalized spacial score (nSPS) is 9.08. The van der Waals surface area contributed by atoms with Gasteiger partial charge in [0.25, 0.3) is 0 Å². The van der Waals surface area contributed by atoms with Gasteiger partial charge in [-0.2, -0.15) is 0 Å². The van der Waals surface area contributed by atoms with Gasteiger partial charge >= 0.3 is 0 Å². The SMILES string of the molecule is CC#CCSc1nc(C)cc(N)n1. The fourth-order valence-electron chi connectivity index (χ4n) is 0.802. The Bertz CT molecular complexity index is 331. The molecule has 0 radical (unpaired) electrons. The van der Waals surface area contributed by atoms with Gasteiger partial charge in [0.15, 0.2) is 5.16 Å². The molecule has 0 aliphatic carbocycles. The van der Waals surface area contributed by atoms with Crippen molar-refractivity contribution in [2.75, 3.05) is 11.5 Å². The van der Waals surface area contributed by atoms with Crippen molar-refractivity contribution in [2.24, 2.45) is 0 Å². The maximum absolute atomic E-state index is 5.56. The number of anilines is 1. The van der Waals surface area contributed by atoms with E-state index < -0.39 is 0 Å². The molecule has 0 saturated heterocycles. The highest BCUT2D eigenvalue weighted by molar-refractivity contribution is 7.99. The molecule has 1 heterocycles. The Kier molecular flexibility index (Phi) is 3.59. The minimum absolute atomic E-state index is 0.513. The van der Waals surface area contributed by atoms with E-state index in [-0.39, 0.29) is 0 Å². The monoisotopic (exact) mass is 193 g/mol. The molecule has 2 N–H and O–H groups in total. The van der Waals surface area contributed by atoms with E-state index in [0.29, 0.717) is 16.7 Å². The van der Waals surface area contributed by atoms with Crippen molar-refractivity contribution < 1.29 is 0 Å². The minimum atomic E-state index is 0.513. The Hall–Kier alpha value is -1.21. The number of aryl methyl sites for hydroxylation is 1. The van der Waals surface area contributed by atoms with Gasteiger partial charge < -0.3 is 5.73 Å². The van der Waals surface area contributed by atoms with E-state index in [1.807, 2.05) is 13.8 Å². The Morgan fingerprint density at radius 1 is 1.54 bits per heavy atom. The summed E-state index contributed by atoms with van der Waals surface area (Å²) in [7, 11) is 0. The zero-order valence-corrected chi connectivity index (χ0v) is 8.48. The molecule has 0 saturated carbocycles. The summed E-state index contributed by atoms with van der Waals surface area (Å²) in [5.74, 6) is 6.96. The molecule has 0 aromatic carbocycles. The smallest absolute Gasteiger partial charge is 0.190 e. The van der Waals surface area contributed by atoms with Crippen molar-refractivity contribution in [3.63, 3.8) is 0 Å². The molecule has 0 amide bonds. The number of aromatic nitrogens is 2. The van der Waals surface area contributed by atoms with Gasteiger partial charge in [-0.15, -0.1) is 5.92 Å². The van der Waals surface area contributed by atoms with Crippen LogP contribution in [-0.4, -0.2) is 15.7 Å². The largest absolute Gasteiger partial charge is 0.384 e. The van der Waals surface area contributed by atoms with E-state index in [4.69, 9.17) is 5.73 Å². The van der Waals surface area contributed by atoms with Gasteiger partial charge in [-0.25, -0.2) is 9.97 Å². The molecule has 0 spiro atoms. The van der Waals surface area contributed by atoms with E-state index in [0.717, 1.165) is 5.69 Å². The maximum Gasteiger partial charge on any atom is 0.190 e. The highest BCUT2D eigenvalue weighted by atomic mass is 32.2. The highest BCUT2D eigenvalue weighted by Gasteiger charge is 1.98. The summed E-state index contributed by atoms with van der Waals surface area (Å²) in [6.45, 7) is 3.71. The first kappa shape index (κ1) is 9.87. The van der Waals surface area contributed by atoms with Crippen LogP contribution in [0, 0.1) is 18.8 Å². The standard InChI is InChI=1S/C9H11N3S/c1-3-4-5-13-9-11-7(2)6-8(10)12-9/h6H,5H2,1-2H3,(H2,10,11,12). The van der Waals surface area contributed by atoms with Gasteiger partial charge in [0.05, 0.1) is 5.75 Å². The number of thioether (sulfide) groups is 1. The molecule has 0 aliphatic rings. The van der Waals surface area contributed by atoms with Gasteiger partial charge in [0.1, 0.15) is 5.82 Å². The lowest BCUT2D eigenvalue weighted by Gasteiger charge is -1.99. The van der Waals surface area contributed by atoms with Crippen LogP contribution in [-0.2, 0) is 0 Å². The number of rotatable bonds is 2. The highest BCUT2D eigenvalue weighted by Crippen LogP contribution is 2.13. The van der Waals surface area contributed by atoms with Crippen LogP contribution in [0.25, 0.3) is 0 Å². The molecule has 13 heavy (non-hydrogen) atoms. The van der Waals surface area contributed by atoms with Gasteiger partial charge in [0, 0.05) is 11.8 Å². The molecule has 0 atom stereocenters. The van der Waals surface area contributed by atoms with Crippen LogP contribution in [0.3, 0.4) is 0 Å². The second-order valence-electron chi connectivity index (χ2n) is 2.43. The van der Waals surface area contributed by atoms with Gasteiger partial charge in [-0.3, -0.25) is 0 Å². The van der Waals surface area contributed by atoms with Crippen LogP contribution in [0.2, 0.25) is 0 Å². The molecular weight excluding hydrogens is 182 g/mol. The summed E-state index contributed by atoms with van der Waals surface area (Å²) in [5.41, 5.74) is 6.45. The predicted molar refractivity (Wildman–Crippen MR) is 55.4 cm³/mol. The molecule has 1 aromatic rings. The third-order valence-electron chi connectivity index (χ3n) is 1.30. The summed E-state index contributed by atoms with van der Waals surface area (Å²) >= 11 is 1.50. The zero-order chi connectivity index (χ0) is 9.68. The topological polar surface area (TPSA) is 51.8 Å². The Labute approximate surface area is 82.2 Å². The first-order chi connectivity index (χ1) is 6.22. The number of hydrogen-bond acceptors (Lipinski definition) is 4. The number of nitrogens with zero attached hydrogens (tertiary/aromatic N) is 2. The number of nitrogens with two attached hydrogens (primary N) is 1. The summed E-state index contributed by atoms with van der Waals surface area (Å²) in [4.78, 5) is 8.28. The van der Waals surface area contributed by atoms with E-state index in [1.165, 1.54) is 11.8 Å². The maximum atomic E-state index is 5.56. The molecule has 0 fully saturated rings. The lowest BCUT2D eigenvalue weighted by Crippen LogP contribution is -1.96. The molecule has 4 heteroatoms. The predicted octanol–water partition coefficient (Wildman–Crippen LogP) is 1.48. The quantitative estimate of drug-likeness (QED) is 0.439. The minimum Gasteiger partial charge on any atom is -0.384 e. The Morgan fingerprint density at radius 3 is 2.92 bits per heavy atom. The average molecular weight is 193 g/mol. The fraction of sp³-hybridized carbons (Fsp3) is 0.333. The molecule has 0 unspecified atom stereocenters. The van der Waals surface area contributed by atoms with E-state index >= 15 is 0 Å². The van der Waals surface area contributed by atoms with Gasteiger partial charge in [-0.1, -0.05) is 17.7 Å². The van der Waals surface area contributed by atoms with Crippen molar-refractivity contribution in [1.29, 1.82) is 0 Å². The van der Waals surface area contributed by atoms with Crippen LogP contribution >= 0.6 is 11.8 Å². The molecular formula is C9H11N3S. The van der Waals surface area contributed by atoms with Crippen molar-refractivity contribution in [3.8, 4) is 11.8 Å². The molecule has 0 bridgehead atoms. The molecule has 3 nitrogen and oxygen atoms in total. The Morgan fingerprint density at radius 2 is 2.31 bits per heavy atom. The average Bonchev–Trinajstić information content (AvgIpc) is 2.03. The summed E-state index contributed by atoms with van der Waals surface area (Å²) in [6.07, 6.45) is 0. The Balaban J connectivity index is 2.69. The third kappa shape index (κ3) is 3.34. The molecule has 1 aromatic heterocycles.